The second-order valence-corrected chi connectivity index (χ2v) is 7.49. The third kappa shape index (κ3) is 6.95. The molecule has 0 aliphatic heterocycles. The van der Waals surface area contributed by atoms with E-state index in [4.69, 9.17) is 19.4 Å². The van der Waals surface area contributed by atoms with Crippen LogP contribution >= 0.6 is 0 Å². The van der Waals surface area contributed by atoms with Gasteiger partial charge in [0.05, 0.1) is 26.3 Å². The van der Waals surface area contributed by atoms with Crippen LogP contribution in [0.2, 0.25) is 0 Å². The van der Waals surface area contributed by atoms with Gasteiger partial charge in [-0.25, -0.2) is 15.4 Å². The number of aromatic nitrogens is 2. The second-order valence-electron chi connectivity index (χ2n) is 7.49. The number of rotatable bonds is 13. The molecule has 0 saturated carbocycles. The maximum absolute atomic E-state index is 11.0. The number of nitrogens with zero attached hydrogens (tertiary/aromatic N) is 2. The molecule has 3 aromatic rings. The summed E-state index contributed by atoms with van der Waals surface area (Å²) in [5.74, 6) is 2.42. The van der Waals surface area contributed by atoms with Crippen LogP contribution in [-0.2, 0) is 11.3 Å². The number of carbonyl (C=O) groups is 1. The van der Waals surface area contributed by atoms with Crippen molar-refractivity contribution >= 4 is 22.6 Å². The molecule has 3 N–H and O–H groups in total. The van der Waals surface area contributed by atoms with Gasteiger partial charge in [0.15, 0.2) is 11.5 Å². The summed E-state index contributed by atoms with van der Waals surface area (Å²) in [6.07, 6.45) is 5.23. The fraction of sp³-hybridized carbons (Fsp3) is 0.375. The molecule has 0 fully saturated rings. The number of hydrogen-bond acceptors (Lipinski definition) is 8. The SMILES string of the molecule is COc1ccc(CNc2ncnc3cc(OC)c(OCCCCCCC(=O)NO)cc23)cc1. The monoisotopic (exact) mass is 454 g/mol. The van der Waals surface area contributed by atoms with E-state index in [-0.39, 0.29) is 5.91 Å². The summed E-state index contributed by atoms with van der Waals surface area (Å²) >= 11 is 0. The topological polar surface area (TPSA) is 115 Å². The Morgan fingerprint density at radius 3 is 2.48 bits per heavy atom. The van der Waals surface area contributed by atoms with Gasteiger partial charge in [-0.15, -0.1) is 0 Å². The first-order valence-electron chi connectivity index (χ1n) is 10.9. The highest BCUT2D eigenvalue weighted by Gasteiger charge is 2.12. The standard InChI is InChI=1S/C24H30N4O5/c1-31-18-10-8-17(9-11-18)15-25-24-19-13-22(21(32-2)14-20(19)26-16-27-24)33-12-6-4-3-5-7-23(29)28-30/h8-11,13-14,16,30H,3-7,12,15H2,1-2H3,(H,28,29)(H,25,26,27). The number of benzene rings is 2. The zero-order chi connectivity index (χ0) is 23.5. The Kier molecular flexibility index (Phi) is 9.08. The average Bonchev–Trinajstić information content (AvgIpc) is 2.86. The normalized spacial score (nSPS) is 10.6. The summed E-state index contributed by atoms with van der Waals surface area (Å²) in [6.45, 7) is 1.13. The molecule has 33 heavy (non-hydrogen) atoms. The first-order chi connectivity index (χ1) is 16.1. The molecule has 0 radical (unpaired) electrons. The lowest BCUT2D eigenvalue weighted by Gasteiger charge is -2.14. The van der Waals surface area contributed by atoms with Gasteiger partial charge < -0.3 is 19.5 Å². The fourth-order valence-corrected chi connectivity index (χ4v) is 3.39. The average molecular weight is 455 g/mol. The molecule has 2 aromatic carbocycles. The molecule has 1 aromatic heterocycles. The van der Waals surface area contributed by atoms with E-state index in [2.05, 4.69) is 15.3 Å². The molecule has 0 unspecified atom stereocenters. The van der Waals surface area contributed by atoms with Gasteiger partial charge in [0.1, 0.15) is 17.9 Å². The largest absolute Gasteiger partial charge is 0.497 e. The van der Waals surface area contributed by atoms with Crippen molar-refractivity contribution < 1.29 is 24.2 Å². The number of methoxy groups -OCH3 is 2. The van der Waals surface area contributed by atoms with Crippen molar-refractivity contribution in [1.29, 1.82) is 0 Å². The molecule has 0 saturated heterocycles. The predicted octanol–water partition coefficient (Wildman–Crippen LogP) is 4.09. The zero-order valence-corrected chi connectivity index (χ0v) is 19.0. The van der Waals surface area contributed by atoms with Crippen molar-refractivity contribution in [2.24, 2.45) is 0 Å². The molecular formula is C24H30N4O5. The molecule has 176 valence electrons. The second kappa shape index (κ2) is 12.4. The highest BCUT2D eigenvalue weighted by atomic mass is 16.5. The van der Waals surface area contributed by atoms with Crippen LogP contribution in [0.25, 0.3) is 10.9 Å². The van der Waals surface area contributed by atoms with Crippen molar-refractivity contribution in [1.82, 2.24) is 15.4 Å². The van der Waals surface area contributed by atoms with Crippen molar-refractivity contribution in [3.05, 3.63) is 48.3 Å². The lowest BCUT2D eigenvalue weighted by molar-refractivity contribution is -0.129. The summed E-state index contributed by atoms with van der Waals surface area (Å²) in [4.78, 5) is 19.8. The van der Waals surface area contributed by atoms with Gasteiger partial charge >= 0.3 is 0 Å². The number of carbonyl (C=O) groups excluding carboxylic acids is 1. The van der Waals surface area contributed by atoms with Crippen LogP contribution in [0.5, 0.6) is 17.2 Å². The van der Waals surface area contributed by atoms with E-state index in [0.29, 0.717) is 36.9 Å². The molecule has 9 nitrogen and oxygen atoms in total. The van der Waals surface area contributed by atoms with Crippen molar-refractivity contribution in [2.45, 2.75) is 38.6 Å². The van der Waals surface area contributed by atoms with E-state index in [1.807, 2.05) is 36.4 Å². The number of unbranched alkanes of at least 4 members (excludes halogenated alkanes) is 3. The van der Waals surface area contributed by atoms with E-state index in [9.17, 15) is 4.79 Å². The minimum atomic E-state index is -0.356. The number of amides is 1. The molecular weight excluding hydrogens is 424 g/mol. The summed E-state index contributed by atoms with van der Waals surface area (Å²) in [6, 6.07) is 11.6. The van der Waals surface area contributed by atoms with Crippen LogP contribution in [-0.4, -0.2) is 41.9 Å². The summed E-state index contributed by atoms with van der Waals surface area (Å²) in [5, 5.41) is 12.7. The third-order valence-electron chi connectivity index (χ3n) is 5.22. The first kappa shape index (κ1) is 24.1. The summed E-state index contributed by atoms with van der Waals surface area (Å²) in [5.41, 5.74) is 3.50. The van der Waals surface area contributed by atoms with E-state index < -0.39 is 0 Å². The lowest BCUT2D eigenvalue weighted by Crippen LogP contribution is -2.17. The van der Waals surface area contributed by atoms with Crippen molar-refractivity contribution in [3.8, 4) is 17.2 Å². The molecule has 0 aliphatic rings. The van der Waals surface area contributed by atoms with Gasteiger partial charge in [-0.05, 0) is 36.6 Å². The molecule has 0 spiro atoms. The van der Waals surface area contributed by atoms with Gasteiger partial charge in [0, 0.05) is 24.4 Å². The van der Waals surface area contributed by atoms with Gasteiger partial charge in [-0.2, -0.15) is 0 Å². The Bertz CT molecular complexity index is 1040. The molecule has 0 bridgehead atoms. The lowest BCUT2D eigenvalue weighted by atomic mass is 10.1. The Morgan fingerprint density at radius 1 is 0.970 bits per heavy atom. The third-order valence-corrected chi connectivity index (χ3v) is 5.22. The molecule has 3 rings (SSSR count). The minimum absolute atomic E-state index is 0.322. The van der Waals surface area contributed by atoms with E-state index in [0.717, 1.165) is 47.9 Å². The molecule has 0 aliphatic carbocycles. The summed E-state index contributed by atoms with van der Waals surface area (Å²) < 4.78 is 16.7. The van der Waals surface area contributed by atoms with Crippen LogP contribution in [0.3, 0.4) is 0 Å². The quantitative estimate of drug-likeness (QED) is 0.201. The molecule has 0 atom stereocenters. The number of fused-ring (bicyclic) bond motifs is 1. The number of hydrogen-bond donors (Lipinski definition) is 3. The maximum atomic E-state index is 11.0. The van der Waals surface area contributed by atoms with Gasteiger partial charge in [-0.1, -0.05) is 25.0 Å². The van der Waals surface area contributed by atoms with Gasteiger partial charge in [-0.3, -0.25) is 10.0 Å². The minimum Gasteiger partial charge on any atom is -0.497 e. The molecule has 1 heterocycles. The highest BCUT2D eigenvalue weighted by Crippen LogP contribution is 2.34. The highest BCUT2D eigenvalue weighted by molar-refractivity contribution is 5.91. The Morgan fingerprint density at radius 2 is 1.76 bits per heavy atom. The van der Waals surface area contributed by atoms with Crippen molar-refractivity contribution in [2.75, 3.05) is 26.1 Å². The van der Waals surface area contributed by atoms with Gasteiger partial charge in [0.2, 0.25) is 5.91 Å². The zero-order valence-electron chi connectivity index (χ0n) is 19.0. The van der Waals surface area contributed by atoms with Crippen LogP contribution in [0, 0.1) is 0 Å². The predicted molar refractivity (Wildman–Crippen MR) is 125 cm³/mol. The van der Waals surface area contributed by atoms with Crippen LogP contribution in [0.4, 0.5) is 5.82 Å². The maximum Gasteiger partial charge on any atom is 0.243 e. The Labute approximate surface area is 193 Å². The van der Waals surface area contributed by atoms with Crippen LogP contribution < -0.4 is 25.0 Å². The number of anilines is 1. The van der Waals surface area contributed by atoms with Crippen LogP contribution in [0.1, 0.15) is 37.7 Å². The van der Waals surface area contributed by atoms with Gasteiger partial charge in [0.25, 0.3) is 0 Å². The van der Waals surface area contributed by atoms with Crippen LogP contribution in [0.15, 0.2) is 42.7 Å². The summed E-state index contributed by atoms with van der Waals surface area (Å²) in [7, 11) is 3.25. The van der Waals surface area contributed by atoms with E-state index in [1.165, 1.54) is 6.33 Å². The van der Waals surface area contributed by atoms with Crippen molar-refractivity contribution in [3.63, 3.8) is 0 Å². The number of ether oxygens (including phenoxy) is 3. The molecule has 1 amide bonds. The Balaban J connectivity index is 1.62. The molecule has 9 heteroatoms. The first-order valence-corrected chi connectivity index (χ1v) is 10.9. The fourth-order valence-electron chi connectivity index (χ4n) is 3.39. The number of hydroxylamine groups is 1. The Hall–Kier alpha value is -3.59. The van der Waals surface area contributed by atoms with E-state index >= 15 is 0 Å². The van der Waals surface area contributed by atoms with E-state index in [1.54, 1.807) is 19.7 Å². The number of nitrogens with one attached hydrogen (secondary N) is 2. The smallest absolute Gasteiger partial charge is 0.243 e.